The average molecular weight is 310 g/mol. The molecule has 0 aliphatic heterocycles. The standard InChI is InChI=1S/C14H20BrN3/c1-13(2)9-4-5-14(3,7-9)12(13)18-11-6-10(15)16-8-17-11/h6,8-9,12H,4-5,7H2,1-3H3,(H,16,17,18). The van der Waals surface area contributed by atoms with Crippen molar-refractivity contribution in [3.05, 3.63) is 17.0 Å². The van der Waals surface area contributed by atoms with Crippen LogP contribution < -0.4 is 5.32 Å². The first kappa shape index (κ1) is 12.4. The number of nitrogens with zero attached hydrogens (tertiary/aromatic N) is 2. The van der Waals surface area contributed by atoms with Crippen LogP contribution in [0.1, 0.15) is 40.0 Å². The van der Waals surface area contributed by atoms with Crippen LogP contribution in [0.3, 0.4) is 0 Å². The van der Waals surface area contributed by atoms with Crippen molar-refractivity contribution < 1.29 is 0 Å². The molecular weight excluding hydrogens is 290 g/mol. The predicted octanol–water partition coefficient (Wildman–Crippen LogP) is 3.87. The zero-order valence-corrected chi connectivity index (χ0v) is 12.8. The van der Waals surface area contributed by atoms with Crippen LogP contribution in [0.15, 0.2) is 17.0 Å². The van der Waals surface area contributed by atoms with Crippen molar-refractivity contribution in [3.63, 3.8) is 0 Å². The molecule has 18 heavy (non-hydrogen) atoms. The molecule has 2 bridgehead atoms. The lowest BCUT2D eigenvalue weighted by atomic mass is 9.68. The van der Waals surface area contributed by atoms with Gasteiger partial charge in [-0.15, -0.1) is 0 Å². The van der Waals surface area contributed by atoms with Gasteiger partial charge in [-0.05, 0) is 51.9 Å². The Balaban J connectivity index is 1.88. The van der Waals surface area contributed by atoms with Gasteiger partial charge in [0.25, 0.3) is 0 Å². The highest BCUT2D eigenvalue weighted by Crippen LogP contribution is 2.62. The molecule has 0 amide bonds. The Morgan fingerprint density at radius 1 is 1.33 bits per heavy atom. The maximum Gasteiger partial charge on any atom is 0.130 e. The van der Waals surface area contributed by atoms with Gasteiger partial charge in [-0.25, -0.2) is 9.97 Å². The van der Waals surface area contributed by atoms with E-state index in [1.54, 1.807) is 6.33 Å². The van der Waals surface area contributed by atoms with E-state index in [1.807, 2.05) is 6.07 Å². The summed E-state index contributed by atoms with van der Waals surface area (Å²) >= 11 is 3.40. The Hall–Kier alpha value is -0.640. The molecule has 2 aliphatic rings. The molecule has 3 rings (SSSR count). The molecule has 3 atom stereocenters. The number of hydrogen-bond acceptors (Lipinski definition) is 3. The Bertz CT molecular complexity index is 469. The van der Waals surface area contributed by atoms with Crippen LogP contribution in [0.5, 0.6) is 0 Å². The van der Waals surface area contributed by atoms with Gasteiger partial charge >= 0.3 is 0 Å². The topological polar surface area (TPSA) is 37.8 Å². The van der Waals surface area contributed by atoms with Gasteiger partial charge in [0.05, 0.1) is 0 Å². The Kier molecular flexibility index (Phi) is 2.70. The quantitative estimate of drug-likeness (QED) is 0.843. The third-order valence-corrected chi connectivity index (χ3v) is 5.63. The third-order valence-electron chi connectivity index (χ3n) is 5.20. The van der Waals surface area contributed by atoms with E-state index in [1.165, 1.54) is 19.3 Å². The first-order valence-electron chi connectivity index (χ1n) is 6.66. The van der Waals surface area contributed by atoms with E-state index in [0.717, 1.165) is 16.3 Å². The number of halogens is 1. The minimum Gasteiger partial charge on any atom is -0.366 e. The predicted molar refractivity (Wildman–Crippen MR) is 76.4 cm³/mol. The summed E-state index contributed by atoms with van der Waals surface area (Å²) in [6, 6.07) is 2.47. The van der Waals surface area contributed by atoms with E-state index in [4.69, 9.17) is 0 Å². The number of hydrogen-bond donors (Lipinski definition) is 1. The van der Waals surface area contributed by atoms with Crippen molar-refractivity contribution >= 4 is 21.7 Å². The average Bonchev–Trinajstić information content (AvgIpc) is 2.76. The second-order valence-corrected chi connectivity index (χ2v) is 7.53. The van der Waals surface area contributed by atoms with E-state index in [2.05, 4.69) is 52.0 Å². The first-order chi connectivity index (χ1) is 8.42. The lowest BCUT2D eigenvalue weighted by Gasteiger charge is -2.43. The number of aromatic nitrogens is 2. The van der Waals surface area contributed by atoms with Crippen LogP contribution >= 0.6 is 15.9 Å². The monoisotopic (exact) mass is 309 g/mol. The largest absolute Gasteiger partial charge is 0.366 e. The van der Waals surface area contributed by atoms with E-state index in [-0.39, 0.29) is 0 Å². The summed E-state index contributed by atoms with van der Waals surface area (Å²) < 4.78 is 0.839. The molecule has 0 spiro atoms. The molecule has 1 aromatic rings. The molecule has 4 heteroatoms. The van der Waals surface area contributed by atoms with E-state index < -0.39 is 0 Å². The summed E-state index contributed by atoms with van der Waals surface area (Å²) in [5.74, 6) is 1.79. The van der Waals surface area contributed by atoms with Crippen molar-refractivity contribution in [2.45, 2.75) is 46.1 Å². The zero-order chi connectivity index (χ0) is 13.0. The van der Waals surface area contributed by atoms with Gasteiger partial charge in [0.2, 0.25) is 0 Å². The lowest BCUT2D eigenvalue weighted by Crippen LogP contribution is -2.45. The summed E-state index contributed by atoms with van der Waals surface area (Å²) in [5, 5.41) is 3.66. The third kappa shape index (κ3) is 1.77. The number of rotatable bonds is 2. The summed E-state index contributed by atoms with van der Waals surface area (Å²) in [5.41, 5.74) is 0.774. The van der Waals surface area contributed by atoms with Crippen LogP contribution in [0.25, 0.3) is 0 Å². The van der Waals surface area contributed by atoms with E-state index in [9.17, 15) is 0 Å². The molecule has 3 unspecified atom stereocenters. The number of nitrogens with one attached hydrogen (secondary N) is 1. The van der Waals surface area contributed by atoms with E-state index in [0.29, 0.717) is 16.9 Å². The fourth-order valence-electron chi connectivity index (χ4n) is 4.22. The molecule has 98 valence electrons. The molecule has 0 saturated heterocycles. The molecule has 0 radical (unpaired) electrons. The summed E-state index contributed by atoms with van der Waals surface area (Å²) in [6.45, 7) is 7.22. The van der Waals surface area contributed by atoms with Crippen LogP contribution in [-0.4, -0.2) is 16.0 Å². The van der Waals surface area contributed by atoms with Gasteiger partial charge in [-0.3, -0.25) is 0 Å². The normalized spacial score (nSPS) is 36.9. The zero-order valence-electron chi connectivity index (χ0n) is 11.2. The summed E-state index contributed by atoms with van der Waals surface area (Å²) in [4.78, 5) is 8.41. The first-order valence-corrected chi connectivity index (χ1v) is 7.45. The Labute approximate surface area is 117 Å². The molecule has 3 nitrogen and oxygen atoms in total. The van der Waals surface area contributed by atoms with Gasteiger partial charge in [-0.2, -0.15) is 0 Å². The van der Waals surface area contributed by atoms with Crippen LogP contribution in [-0.2, 0) is 0 Å². The maximum atomic E-state index is 4.33. The van der Waals surface area contributed by atoms with Crippen molar-refractivity contribution in [1.82, 2.24) is 9.97 Å². The molecule has 2 saturated carbocycles. The second kappa shape index (κ2) is 3.92. The highest BCUT2D eigenvalue weighted by Gasteiger charge is 2.59. The molecule has 1 aromatic heterocycles. The maximum absolute atomic E-state index is 4.33. The van der Waals surface area contributed by atoms with Gasteiger partial charge in [0, 0.05) is 12.1 Å². The molecule has 2 aliphatic carbocycles. The highest BCUT2D eigenvalue weighted by atomic mass is 79.9. The van der Waals surface area contributed by atoms with Crippen LogP contribution in [0.2, 0.25) is 0 Å². The molecule has 0 aromatic carbocycles. The lowest BCUT2D eigenvalue weighted by molar-refractivity contribution is 0.155. The summed E-state index contributed by atoms with van der Waals surface area (Å²) in [6.07, 6.45) is 5.68. The Morgan fingerprint density at radius 3 is 2.72 bits per heavy atom. The van der Waals surface area contributed by atoms with Crippen molar-refractivity contribution in [2.75, 3.05) is 5.32 Å². The smallest absolute Gasteiger partial charge is 0.130 e. The number of anilines is 1. The fraction of sp³-hybridized carbons (Fsp3) is 0.714. The summed E-state index contributed by atoms with van der Waals surface area (Å²) in [7, 11) is 0. The van der Waals surface area contributed by atoms with Crippen molar-refractivity contribution in [2.24, 2.45) is 16.7 Å². The molecule has 1 heterocycles. The molecular formula is C14H20BrN3. The minimum absolute atomic E-state index is 0.352. The van der Waals surface area contributed by atoms with Crippen LogP contribution in [0, 0.1) is 16.7 Å². The fourth-order valence-corrected chi connectivity index (χ4v) is 4.53. The number of fused-ring (bicyclic) bond motifs is 2. The highest BCUT2D eigenvalue weighted by molar-refractivity contribution is 9.10. The van der Waals surface area contributed by atoms with Gasteiger partial charge < -0.3 is 5.32 Å². The Morgan fingerprint density at radius 2 is 2.11 bits per heavy atom. The molecule has 1 N–H and O–H groups in total. The second-order valence-electron chi connectivity index (χ2n) is 6.72. The van der Waals surface area contributed by atoms with E-state index >= 15 is 0 Å². The molecule has 2 fully saturated rings. The van der Waals surface area contributed by atoms with Crippen molar-refractivity contribution in [3.8, 4) is 0 Å². The SMILES string of the molecule is CC12CCC(C1)C(C)(C)C2Nc1cc(Br)ncn1. The van der Waals surface area contributed by atoms with Gasteiger partial charge in [-0.1, -0.05) is 20.8 Å². The van der Waals surface area contributed by atoms with Crippen LogP contribution in [0.4, 0.5) is 5.82 Å². The van der Waals surface area contributed by atoms with Crippen molar-refractivity contribution in [1.29, 1.82) is 0 Å². The van der Waals surface area contributed by atoms with Gasteiger partial charge in [0.1, 0.15) is 16.7 Å². The minimum atomic E-state index is 0.352. The van der Waals surface area contributed by atoms with Gasteiger partial charge in [0.15, 0.2) is 0 Å².